The minimum Gasteiger partial charge on any atom is -0.459 e. The Balaban J connectivity index is 1.50. The van der Waals surface area contributed by atoms with Crippen molar-refractivity contribution in [3.05, 3.63) is 59.5 Å². The molecule has 1 unspecified atom stereocenters. The zero-order chi connectivity index (χ0) is 19.1. The molecular formula is C20H26N4O3. The molecule has 2 aromatic rings. The van der Waals surface area contributed by atoms with E-state index in [0.29, 0.717) is 25.5 Å². The molecule has 144 valence electrons. The van der Waals surface area contributed by atoms with Crippen LogP contribution >= 0.6 is 0 Å². The van der Waals surface area contributed by atoms with Gasteiger partial charge in [0.05, 0.1) is 19.4 Å². The molecule has 1 fully saturated rings. The summed E-state index contributed by atoms with van der Waals surface area (Å²) in [5.41, 5.74) is 2.44. The third-order valence-electron chi connectivity index (χ3n) is 4.55. The molecule has 2 N–H and O–H groups in total. The number of aryl methyl sites for hydroxylation is 1. The van der Waals surface area contributed by atoms with E-state index in [1.165, 1.54) is 17.4 Å². The Bertz CT molecular complexity index is 773. The number of hydrogen-bond acceptors (Lipinski definition) is 4. The fraction of sp³-hybridized carbons (Fsp3) is 0.400. The van der Waals surface area contributed by atoms with Gasteiger partial charge in [-0.25, -0.2) is 0 Å². The first-order valence-corrected chi connectivity index (χ1v) is 9.13. The average molecular weight is 370 g/mol. The van der Waals surface area contributed by atoms with Gasteiger partial charge in [0.1, 0.15) is 6.10 Å². The molecule has 1 amide bonds. The average Bonchev–Trinajstić information content (AvgIpc) is 3.23. The van der Waals surface area contributed by atoms with Crippen LogP contribution in [0, 0.1) is 6.92 Å². The summed E-state index contributed by atoms with van der Waals surface area (Å²) in [5.74, 6) is 0.903. The third kappa shape index (κ3) is 4.89. The summed E-state index contributed by atoms with van der Waals surface area (Å²) < 4.78 is 11.1. The summed E-state index contributed by atoms with van der Waals surface area (Å²) >= 11 is 0. The van der Waals surface area contributed by atoms with E-state index in [-0.39, 0.29) is 12.0 Å². The molecule has 0 spiro atoms. The highest BCUT2D eigenvalue weighted by Gasteiger charge is 2.25. The predicted molar refractivity (Wildman–Crippen MR) is 104 cm³/mol. The number of nitrogens with zero attached hydrogens (tertiary/aromatic N) is 2. The van der Waals surface area contributed by atoms with Crippen molar-refractivity contribution in [1.82, 2.24) is 15.5 Å². The Kier molecular flexibility index (Phi) is 6.49. The molecule has 0 bridgehead atoms. The Hall–Kier alpha value is -2.80. The molecular weight excluding hydrogens is 344 g/mol. The molecule has 1 aromatic heterocycles. The van der Waals surface area contributed by atoms with Gasteiger partial charge in [0.25, 0.3) is 5.91 Å². The minimum absolute atomic E-state index is 0.0251. The fourth-order valence-electron chi connectivity index (χ4n) is 3.16. The van der Waals surface area contributed by atoms with Gasteiger partial charge in [0.15, 0.2) is 11.7 Å². The van der Waals surface area contributed by atoms with Crippen molar-refractivity contribution in [2.24, 2.45) is 4.99 Å². The van der Waals surface area contributed by atoms with E-state index in [1.807, 2.05) is 12.1 Å². The summed E-state index contributed by atoms with van der Waals surface area (Å²) in [4.78, 5) is 18.4. The number of nitrogens with one attached hydrogen (secondary N) is 2. The van der Waals surface area contributed by atoms with Crippen LogP contribution < -0.4 is 10.6 Å². The Labute approximate surface area is 159 Å². The standard InChI is InChI=1S/C20H26N4O3/c1-15-6-3-4-7-16(15)18-14-24(11-13-27-18)20(21-2)23-10-9-22-19(25)17-8-5-12-26-17/h3-8,12,18H,9-11,13-14H2,1-2H3,(H,21,23)(H,22,25). The number of benzene rings is 1. The van der Waals surface area contributed by atoms with E-state index >= 15 is 0 Å². The van der Waals surface area contributed by atoms with Gasteiger partial charge in [-0.1, -0.05) is 24.3 Å². The summed E-state index contributed by atoms with van der Waals surface area (Å²) in [5, 5.41) is 6.12. The van der Waals surface area contributed by atoms with Crippen molar-refractivity contribution in [1.29, 1.82) is 0 Å². The highest BCUT2D eigenvalue weighted by atomic mass is 16.5. The number of ether oxygens (including phenoxy) is 1. The third-order valence-corrected chi connectivity index (χ3v) is 4.55. The molecule has 1 saturated heterocycles. The van der Waals surface area contributed by atoms with Gasteiger partial charge in [0.2, 0.25) is 0 Å². The van der Waals surface area contributed by atoms with E-state index in [9.17, 15) is 4.79 Å². The number of furan rings is 1. The van der Waals surface area contributed by atoms with Gasteiger partial charge in [-0.15, -0.1) is 0 Å². The molecule has 2 heterocycles. The fourth-order valence-corrected chi connectivity index (χ4v) is 3.16. The first kappa shape index (κ1) is 19.0. The van der Waals surface area contributed by atoms with E-state index < -0.39 is 0 Å². The largest absolute Gasteiger partial charge is 0.459 e. The second kappa shape index (κ2) is 9.23. The lowest BCUT2D eigenvalue weighted by Gasteiger charge is -2.35. The van der Waals surface area contributed by atoms with Crippen LogP contribution in [0.1, 0.15) is 27.8 Å². The molecule has 0 radical (unpaired) electrons. The zero-order valence-electron chi connectivity index (χ0n) is 15.8. The van der Waals surface area contributed by atoms with Crippen molar-refractivity contribution in [3.63, 3.8) is 0 Å². The van der Waals surface area contributed by atoms with E-state index in [1.54, 1.807) is 19.2 Å². The number of rotatable bonds is 5. The van der Waals surface area contributed by atoms with Crippen molar-refractivity contribution in [2.75, 3.05) is 39.8 Å². The van der Waals surface area contributed by atoms with Gasteiger partial charge in [-0.05, 0) is 30.2 Å². The second-order valence-corrected chi connectivity index (χ2v) is 6.37. The number of aliphatic imine (C=N–C) groups is 1. The van der Waals surface area contributed by atoms with Gasteiger partial charge < -0.3 is 24.7 Å². The van der Waals surface area contributed by atoms with Crippen LogP contribution in [0.3, 0.4) is 0 Å². The summed E-state index contributed by atoms with van der Waals surface area (Å²) in [6.45, 7) is 5.32. The summed E-state index contributed by atoms with van der Waals surface area (Å²) in [7, 11) is 1.77. The van der Waals surface area contributed by atoms with Crippen LogP contribution in [0.2, 0.25) is 0 Å². The molecule has 7 heteroatoms. The SMILES string of the molecule is CN=C(NCCNC(=O)c1ccco1)N1CCOC(c2ccccc2C)C1. The van der Waals surface area contributed by atoms with Crippen molar-refractivity contribution < 1.29 is 13.9 Å². The molecule has 1 atom stereocenters. The molecule has 7 nitrogen and oxygen atoms in total. The van der Waals surface area contributed by atoms with E-state index in [4.69, 9.17) is 9.15 Å². The predicted octanol–water partition coefficient (Wildman–Crippen LogP) is 1.97. The molecule has 1 aromatic carbocycles. The van der Waals surface area contributed by atoms with Crippen LogP contribution in [0.25, 0.3) is 0 Å². The minimum atomic E-state index is -0.220. The van der Waals surface area contributed by atoms with Gasteiger partial charge in [-0.3, -0.25) is 9.79 Å². The molecule has 27 heavy (non-hydrogen) atoms. The number of amides is 1. The number of hydrogen-bond donors (Lipinski definition) is 2. The topological polar surface area (TPSA) is 79.1 Å². The van der Waals surface area contributed by atoms with Crippen molar-refractivity contribution in [3.8, 4) is 0 Å². The molecule has 1 aliphatic heterocycles. The Morgan fingerprint density at radius 3 is 2.78 bits per heavy atom. The maximum atomic E-state index is 11.9. The highest BCUT2D eigenvalue weighted by molar-refractivity contribution is 5.91. The lowest BCUT2D eigenvalue weighted by atomic mass is 10.0. The van der Waals surface area contributed by atoms with E-state index in [0.717, 1.165) is 19.0 Å². The first-order valence-electron chi connectivity index (χ1n) is 9.13. The van der Waals surface area contributed by atoms with Crippen LogP contribution in [0.5, 0.6) is 0 Å². The molecule has 1 aliphatic rings. The molecule has 0 aliphatic carbocycles. The number of guanidine groups is 1. The molecule has 0 saturated carbocycles. The lowest BCUT2D eigenvalue weighted by Crippen LogP contribution is -2.49. The highest BCUT2D eigenvalue weighted by Crippen LogP contribution is 2.24. The second-order valence-electron chi connectivity index (χ2n) is 6.37. The number of morpholine rings is 1. The van der Waals surface area contributed by atoms with Crippen LogP contribution in [0.4, 0.5) is 0 Å². The van der Waals surface area contributed by atoms with Gasteiger partial charge >= 0.3 is 0 Å². The van der Waals surface area contributed by atoms with Crippen molar-refractivity contribution in [2.45, 2.75) is 13.0 Å². The lowest BCUT2D eigenvalue weighted by molar-refractivity contribution is -0.00829. The van der Waals surface area contributed by atoms with Crippen LogP contribution in [0.15, 0.2) is 52.1 Å². The van der Waals surface area contributed by atoms with Crippen molar-refractivity contribution >= 4 is 11.9 Å². The van der Waals surface area contributed by atoms with Gasteiger partial charge in [-0.2, -0.15) is 0 Å². The maximum absolute atomic E-state index is 11.9. The zero-order valence-corrected chi connectivity index (χ0v) is 15.8. The smallest absolute Gasteiger partial charge is 0.287 e. The normalized spacial score (nSPS) is 17.6. The molecule has 3 rings (SSSR count). The summed E-state index contributed by atoms with van der Waals surface area (Å²) in [6, 6.07) is 11.6. The van der Waals surface area contributed by atoms with Gasteiger partial charge in [0, 0.05) is 26.7 Å². The maximum Gasteiger partial charge on any atom is 0.287 e. The van der Waals surface area contributed by atoms with Crippen LogP contribution in [-0.2, 0) is 4.74 Å². The Morgan fingerprint density at radius 1 is 1.22 bits per heavy atom. The summed E-state index contributed by atoms with van der Waals surface area (Å²) in [6.07, 6.45) is 1.51. The van der Waals surface area contributed by atoms with E-state index in [2.05, 4.69) is 39.6 Å². The van der Waals surface area contributed by atoms with Crippen LogP contribution in [-0.4, -0.2) is 56.6 Å². The quantitative estimate of drug-likeness (QED) is 0.478. The number of carbonyl (C=O) groups excluding carboxylic acids is 1. The monoisotopic (exact) mass is 370 g/mol. The Morgan fingerprint density at radius 2 is 2.04 bits per heavy atom. The number of carbonyl (C=O) groups is 1. The first-order chi connectivity index (χ1) is 13.2.